The van der Waals surface area contributed by atoms with Gasteiger partial charge in [-0.25, -0.2) is 0 Å². The monoisotopic (exact) mass is 252 g/mol. The van der Waals surface area contributed by atoms with E-state index in [4.69, 9.17) is 7.85 Å². The number of carbonyl (C=O) groups excluding carboxylic acids is 1. The largest absolute Gasteiger partial charge is 0.344 e. The number of nitrogens with zero attached hydrogens (tertiary/aromatic N) is 2. The number of pyridine rings is 2. The summed E-state index contributed by atoms with van der Waals surface area (Å²) >= 11 is 0. The Labute approximate surface area is 111 Å². The number of ketones is 1. The van der Waals surface area contributed by atoms with Gasteiger partial charge < -0.3 is 4.57 Å². The van der Waals surface area contributed by atoms with Gasteiger partial charge in [-0.2, -0.15) is 0 Å². The van der Waals surface area contributed by atoms with Crippen molar-refractivity contribution < 1.29 is 4.79 Å². The van der Waals surface area contributed by atoms with Gasteiger partial charge in [-0.05, 0) is 26.7 Å². The first-order chi connectivity index (χ1) is 9.02. The fraction of sp³-hybridized carbons (Fsp3) is 0.357. The number of hydrogen-bond acceptors (Lipinski definition) is 3. The highest BCUT2D eigenvalue weighted by Gasteiger charge is 2.24. The van der Waals surface area contributed by atoms with Gasteiger partial charge in [0.15, 0.2) is 5.78 Å². The first-order valence-electron chi connectivity index (χ1n) is 6.33. The van der Waals surface area contributed by atoms with Gasteiger partial charge in [-0.1, -0.05) is 5.46 Å². The number of fused-ring (bicyclic) bond motifs is 3. The zero-order valence-corrected chi connectivity index (χ0v) is 11.0. The second-order valence-electron chi connectivity index (χ2n) is 4.98. The number of aromatic nitrogens is 2. The average molecular weight is 252 g/mol. The molecule has 0 bridgehead atoms. The summed E-state index contributed by atoms with van der Waals surface area (Å²) in [7, 11) is 6.08. The van der Waals surface area contributed by atoms with Crippen molar-refractivity contribution in [3.05, 3.63) is 33.4 Å². The minimum absolute atomic E-state index is 0.184. The molecule has 0 atom stereocenters. The Kier molecular flexibility index (Phi) is 2.59. The zero-order valence-electron chi connectivity index (χ0n) is 11.0. The molecule has 0 aliphatic carbocycles. The van der Waals surface area contributed by atoms with Crippen LogP contribution in [0.1, 0.15) is 35.1 Å². The van der Waals surface area contributed by atoms with Crippen LogP contribution in [0.3, 0.4) is 0 Å². The fourth-order valence-electron chi connectivity index (χ4n) is 2.88. The highest BCUT2D eigenvalue weighted by atomic mass is 16.1. The molecule has 0 fully saturated rings. The average Bonchev–Trinajstić information content (AvgIpc) is 2.81. The van der Waals surface area contributed by atoms with Crippen molar-refractivity contribution >= 4 is 30.0 Å². The van der Waals surface area contributed by atoms with Gasteiger partial charge in [0.2, 0.25) is 5.43 Å². The topological polar surface area (TPSA) is 52.0 Å². The van der Waals surface area contributed by atoms with Crippen LogP contribution in [0, 0.1) is 6.92 Å². The summed E-state index contributed by atoms with van der Waals surface area (Å²) in [6, 6.07) is 0. The molecule has 3 rings (SSSR count). The van der Waals surface area contributed by atoms with E-state index >= 15 is 0 Å². The van der Waals surface area contributed by atoms with Crippen LogP contribution in [0.15, 0.2) is 11.0 Å². The molecule has 5 heteroatoms. The van der Waals surface area contributed by atoms with Crippen LogP contribution < -0.4 is 10.9 Å². The number of Topliss-reactive ketones (excluding diaryl/α,β-unsaturated/α-hetero) is 1. The molecule has 2 radical (unpaired) electrons. The summed E-state index contributed by atoms with van der Waals surface area (Å²) in [6.45, 7) is 4.05. The van der Waals surface area contributed by atoms with Crippen LogP contribution in [-0.2, 0) is 13.0 Å². The summed E-state index contributed by atoms with van der Waals surface area (Å²) in [5, 5.41) is 0.443. The van der Waals surface area contributed by atoms with E-state index in [0.717, 1.165) is 30.6 Å². The molecule has 94 valence electrons. The van der Waals surface area contributed by atoms with E-state index in [1.54, 1.807) is 0 Å². The molecule has 0 saturated carbocycles. The number of rotatable bonds is 1. The van der Waals surface area contributed by atoms with Crippen molar-refractivity contribution in [2.75, 3.05) is 0 Å². The lowest BCUT2D eigenvalue weighted by Gasteiger charge is -2.15. The Morgan fingerprint density at radius 2 is 2.21 bits per heavy atom. The lowest BCUT2D eigenvalue weighted by atomic mass is 9.90. The van der Waals surface area contributed by atoms with Crippen LogP contribution >= 0.6 is 0 Å². The molecule has 0 spiro atoms. The van der Waals surface area contributed by atoms with E-state index in [0.29, 0.717) is 22.1 Å². The van der Waals surface area contributed by atoms with Gasteiger partial charge in [0.1, 0.15) is 7.85 Å². The Morgan fingerprint density at radius 1 is 1.47 bits per heavy atom. The standard InChI is InChI=1S/C14H13BN2O2/c1-7-12(15)13-9(6-16-7)14(19)11(8(2)18)10-4-3-5-17(10)13/h6H,3-5H2,1-2H3. The van der Waals surface area contributed by atoms with Crippen molar-refractivity contribution in [3.8, 4) is 0 Å². The zero-order chi connectivity index (χ0) is 13.7. The van der Waals surface area contributed by atoms with Crippen LogP contribution in [0.5, 0.6) is 0 Å². The summed E-state index contributed by atoms with van der Waals surface area (Å²) in [5.74, 6) is -0.184. The molecule has 1 aliphatic heterocycles. The third kappa shape index (κ3) is 1.57. The molecule has 0 saturated heterocycles. The van der Waals surface area contributed by atoms with Crippen LogP contribution in [0.4, 0.5) is 0 Å². The Hall–Kier alpha value is -1.91. The SMILES string of the molecule is [B]c1c(C)ncc2c(=O)c(C(C)=O)c3n(c12)CCC3. The maximum absolute atomic E-state index is 12.5. The smallest absolute Gasteiger partial charge is 0.201 e. The summed E-state index contributed by atoms with van der Waals surface area (Å²) in [6.07, 6.45) is 3.21. The Balaban J connectivity index is 2.59. The van der Waals surface area contributed by atoms with Gasteiger partial charge in [0.25, 0.3) is 0 Å². The molecule has 2 aromatic heterocycles. The van der Waals surface area contributed by atoms with E-state index in [9.17, 15) is 9.59 Å². The molecule has 2 aromatic rings. The minimum Gasteiger partial charge on any atom is -0.344 e. The van der Waals surface area contributed by atoms with Crippen molar-refractivity contribution in [2.24, 2.45) is 0 Å². The molecule has 1 aliphatic rings. The molecule has 3 heterocycles. The van der Waals surface area contributed by atoms with E-state index < -0.39 is 0 Å². The lowest BCUT2D eigenvalue weighted by Crippen LogP contribution is -2.25. The van der Waals surface area contributed by atoms with Gasteiger partial charge in [0.05, 0.1) is 10.9 Å². The number of hydrogen-bond donors (Lipinski definition) is 0. The van der Waals surface area contributed by atoms with E-state index in [1.165, 1.54) is 13.1 Å². The molecule has 0 N–H and O–H groups in total. The van der Waals surface area contributed by atoms with Crippen molar-refractivity contribution in [1.29, 1.82) is 0 Å². The first-order valence-corrected chi connectivity index (χ1v) is 6.33. The number of carbonyl (C=O) groups is 1. The maximum atomic E-state index is 12.5. The Morgan fingerprint density at radius 3 is 2.89 bits per heavy atom. The predicted molar refractivity (Wildman–Crippen MR) is 74.5 cm³/mol. The summed E-state index contributed by atoms with van der Waals surface area (Å²) < 4.78 is 2.01. The highest BCUT2D eigenvalue weighted by molar-refractivity contribution is 6.39. The van der Waals surface area contributed by atoms with Crippen LogP contribution in [0.25, 0.3) is 10.9 Å². The second kappa shape index (κ2) is 4.05. The summed E-state index contributed by atoms with van der Waals surface area (Å²) in [5.41, 5.74) is 2.86. The minimum atomic E-state index is -0.241. The molecule has 19 heavy (non-hydrogen) atoms. The first kappa shape index (κ1) is 12.1. The molecule has 4 nitrogen and oxygen atoms in total. The van der Waals surface area contributed by atoms with Crippen LogP contribution in [0.2, 0.25) is 0 Å². The van der Waals surface area contributed by atoms with Gasteiger partial charge in [-0.15, -0.1) is 0 Å². The fourth-order valence-corrected chi connectivity index (χ4v) is 2.88. The molecular formula is C14H13BN2O2. The van der Waals surface area contributed by atoms with Crippen molar-refractivity contribution in [1.82, 2.24) is 9.55 Å². The van der Waals surface area contributed by atoms with Gasteiger partial charge >= 0.3 is 0 Å². The van der Waals surface area contributed by atoms with E-state index in [1.807, 2.05) is 11.5 Å². The summed E-state index contributed by atoms with van der Waals surface area (Å²) in [4.78, 5) is 28.4. The van der Waals surface area contributed by atoms with Crippen molar-refractivity contribution in [2.45, 2.75) is 33.2 Å². The normalized spacial score (nSPS) is 13.8. The van der Waals surface area contributed by atoms with Gasteiger partial charge in [-0.3, -0.25) is 14.6 Å². The molecular weight excluding hydrogens is 239 g/mol. The maximum Gasteiger partial charge on any atom is 0.201 e. The molecule has 0 aromatic carbocycles. The van der Waals surface area contributed by atoms with E-state index in [2.05, 4.69) is 4.98 Å². The predicted octanol–water partition coefficient (Wildman–Crippen LogP) is 0.648. The Bertz CT molecular complexity index is 777. The molecule has 0 unspecified atom stereocenters. The second-order valence-corrected chi connectivity index (χ2v) is 4.98. The highest BCUT2D eigenvalue weighted by Crippen LogP contribution is 2.22. The quantitative estimate of drug-likeness (QED) is 0.553. The molecule has 0 amide bonds. The van der Waals surface area contributed by atoms with E-state index in [-0.39, 0.29) is 11.2 Å². The van der Waals surface area contributed by atoms with Gasteiger partial charge in [0, 0.05) is 29.6 Å². The lowest BCUT2D eigenvalue weighted by molar-refractivity contribution is 0.101. The van der Waals surface area contributed by atoms with Crippen molar-refractivity contribution in [3.63, 3.8) is 0 Å². The third-order valence-corrected chi connectivity index (χ3v) is 3.79. The number of aryl methyl sites for hydroxylation is 2. The van der Waals surface area contributed by atoms with Crippen LogP contribution in [-0.4, -0.2) is 23.2 Å². The third-order valence-electron chi connectivity index (χ3n) is 3.79.